The molecule has 1 aromatic carbocycles. The van der Waals surface area contributed by atoms with Crippen LogP contribution in [0.1, 0.15) is 54.4 Å². The van der Waals surface area contributed by atoms with Crippen molar-refractivity contribution in [2.24, 2.45) is 17.8 Å². The van der Waals surface area contributed by atoms with Crippen LogP contribution in [0.25, 0.3) is 0 Å². The van der Waals surface area contributed by atoms with Gasteiger partial charge in [0.2, 0.25) is 0 Å². The van der Waals surface area contributed by atoms with Gasteiger partial charge in [-0.3, -0.25) is 4.79 Å². The first-order valence-electron chi connectivity index (χ1n) is 9.65. The number of ether oxygens (including phenoxy) is 1. The molecule has 0 saturated heterocycles. The molecule has 0 spiro atoms. The first-order valence-corrected chi connectivity index (χ1v) is 10.0. The maximum absolute atomic E-state index is 12.8. The number of carbonyl (C=O) groups is 1. The minimum absolute atomic E-state index is 0.145. The van der Waals surface area contributed by atoms with E-state index in [0.717, 1.165) is 11.8 Å². The fourth-order valence-corrected chi connectivity index (χ4v) is 4.92. The van der Waals surface area contributed by atoms with Gasteiger partial charge in [0.1, 0.15) is 18.1 Å². The van der Waals surface area contributed by atoms with Crippen LogP contribution in [0.15, 0.2) is 28.8 Å². The second-order valence-electron chi connectivity index (χ2n) is 7.91. The number of nitrogens with zero attached hydrogens (tertiary/aromatic N) is 1. The van der Waals surface area contributed by atoms with Crippen molar-refractivity contribution >= 4 is 17.5 Å². The van der Waals surface area contributed by atoms with Crippen molar-refractivity contribution in [3.05, 3.63) is 46.3 Å². The van der Waals surface area contributed by atoms with Gasteiger partial charge in [-0.05, 0) is 69.1 Å². The minimum Gasteiger partial charge on any atom is -0.489 e. The van der Waals surface area contributed by atoms with Crippen molar-refractivity contribution in [1.29, 1.82) is 0 Å². The van der Waals surface area contributed by atoms with Crippen molar-refractivity contribution in [3.63, 3.8) is 0 Å². The summed E-state index contributed by atoms with van der Waals surface area (Å²) >= 11 is 5.99. The van der Waals surface area contributed by atoms with E-state index in [1.165, 1.54) is 25.7 Å². The summed E-state index contributed by atoms with van der Waals surface area (Å²) in [5, 5.41) is 7.73. The number of hydrogen-bond acceptors (Lipinski definition) is 4. The zero-order valence-corrected chi connectivity index (χ0v) is 16.5. The molecule has 4 atom stereocenters. The molecule has 4 rings (SSSR count). The molecule has 27 heavy (non-hydrogen) atoms. The van der Waals surface area contributed by atoms with E-state index in [1.807, 2.05) is 12.1 Å². The second kappa shape index (κ2) is 7.55. The van der Waals surface area contributed by atoms with Crippen LogP contribution in [0.2, 0.25) is 5.02 Å². The normalized spacial score (nSPS) is 24.8. The topological polar surface area (TPSA) is 64.4 Å². The molecular weight excluding hydrogens is 364 g/mol. The second-order valence-corrected chi connectivity index (χ2v) is 8.35. The van der Waals surface area contributed by atoms with Gasteiger partial charge in [0.05, 0.1) is 5.56 Å². The Kier molecular flexibility index (Phi) is 5.13. The number of hydrogen-bond donors (Lipinski definition) is 1. The smallest absolute Gasteiger partial charge is 0.274 e. The third-order valence-electron chi connectivity index (χ3n) is 6.17. The van der Waals surface area contributed by atoms with Gasteiger partial charge < -0.3 is 14.6 Å². The van der Waals surface area contributed by atoms with E-state index in [0.29, 0.717) is 33.7 Å². The SMILES string of the molecule is Cc1onc(C(=O)NC(C)C2CC3CCC2C3)c1COc1cccc(Cl)c1. The van der Waals surface area contributed by atoms with E-state index in [-0.39, 0.29) is 18.6 Å². The van der Waals surface area contributed by atoms with E-state index in [9.17, 15) is 4.79 Å². The first-order chi connectivity index (χ1) is 13.0. The molecule has 1 amide bonds. The molecular formula is C21H25ClN2O3. The van der Waals surface area contributed by atoms with Crippen LogP contribution < -0.4 is 10.1 Å². The lowest BCUT2D eigenvalue weighted by Crippen LogP contribution is -2.40. The lowest BCUT2D eigenvalue weighted by molar-refractivity contribution is 0.0904. The number of aromatic nitrogens is 1. The molecule has 1 heterocycles. The van der Waals surface area contributed by atoms with Crippen LogP contribution in [0.3, 0.4) is 0 Å². The summed E-state index contributed by atoms with van der Waals surface area (Å²) in [6, 6.07) is 7.32. The van der Waals surface area contributed by atoms with Gasteiger partial charge in [-0.1, -0.05) is 29.2 Å². The monoisotopic (exact) mass is 388 g/mol. The van der Waals surface area contributed by atoms with Gasteiger partial charge in [-0.15, -0.1) is 0 Å². The number of aryl methyl sites for hydroxylation is 1. The van der Waals surface area contributed by atoms with E-state index in [2.05, 4.69) is 17.4 Å². The molecule has 2 aliphatic rings. The summed E-state index contributed by atoms with van der Waals surface area (Å²) in [7, 11) is 0. The number of fused-ring (bicyclic) bond motifs is 2. The number of rotatable bonds is 6. The van der Waals surface area contributed by atoms with Crippen LogP contribution in [0.5, 0.6) is 5.75 Å². The summed E-state index contributed by atoms with van der Waals surface area (Å²) in [5.41, 5.74) is 0.983. The van der Waals surface area contributed by atoms with E-state index in [1.54, 1.807) is 19.1 Å². The first kappa shape index (κ1) is 18.4. The van der Waals surface area contributed by atoms with Gasteiger partial charge in [0, 0.05) is 11.1 Å². The molecule has 2 aliphatic carbocycles. The summed E-state index contributed by atoms with van der Waals surface area (Å²) < 4.78 is 11.1. The Morgan fingerprint density at radius 2 is 2.26 bits per heavy atom. The quantitative estimate of drug-likeness (QED) is 0.774. The average molecular weight is 389 g/mol. The lowest BCUT2D eigenvalue weighted by atomic mass is 9.84. The molecule has 2 aromatic rings. The molecule has 0 aliphatic heterocycles. The fraction of sp³-hybridized carbons (Fsp3) is 0.524. The van der Waals surface area contributed by atoms with E-state index < -0.39 is 0 Å². The maximum atomic E-state index is 12.8. The summed E-state index contributed by atoms with van der Waals surface area (Å²) in [5.74, 6) is 3.24. The number of nitrogens with one attached hydrogen (secondary N) is 1. The molecule has 1 N–H and O–H groups in total. The lowest BCUT2D eigenvalue weighted by Gasteiger charge is -2.28. The molecule has 2 bridgehead atoms. The Labute approximate surface area is 164 Å². The van der Waals surface area contributed by atoms with Gasteiger partial charge in [0.15, 0.2) is 5.69 Å². The average Bonchev–Trinajstić information content (AvgIpc) is 3.35. The Morgan fingerprint density at radius 1 is 1.41 bits per heavy atom. The molecule has 144 valence electrons. The summed E-state index contributed by atoms with van der Waals surface area (Å²) in [6.45, 7) is 4.11. The van der Waals surface area contributed by atoms with Gasteiger partial charge in [0.25, 0.3) is 5.91 Å². The minimum atomic E-state index is -0.188. The van der Waals surface area contributed by atoms with Crippen LogP contribution in [-0.4, -0.2) is 17.1 Å². The standard InChI is InChI=1S/C21H25ClN2O3/c1-12(18-9-14-6-7-15(18)8-14)23-21(25)20-19(13(2)27-24-20)11-26-17-5-3-4-16(22)10-17/h3-5,10,12,14-15,18H,6-9,11H2,1-2H3,(H,23,25). The summed E-state index contributed by atoms with van der Waals surface area (Å²) in [4.78, 5) is 12.8. The third-order valence-corrected chi connectivity index (χ3v) is 6.41. The van der Waals surface area contributed by atoms with Crippen molar-refractivity contribution < 1.29 is 14.1 Å². The molecule has 2 fully saturated rings. The van der Waals surface area contributed by atoms with Crippen molar-refractivity contribution in [3.8, 4) is 5.75 Å². The molecule has 1 aromatic heterocycles. The van der Waals surface area contributed by atoms with Crippen LogP contribution >= 0.6 is 11.6 Å². The summed E-state index contributed by atoms with van der Waals surface area (Å²) in [6.07, 6.45) is 5.22. The van der Waals surface area contributed by atoms with Gasteiger partial charge in [-0.2, -0.15) is 0 Å². The zero-order valence-electron chi connectivity index (χ0n) is 15.7. The van der Waals surface area contributed by atoms with Crippen LogP contribution in [0.4, 0.5) is 0 Å². The van der Waals surface area contributed by atoms with Crippen molar-refractivity contribution in [1.82, 2.24) is 10.5 Å². The molecule has 2 saturated carbocycles. The van der Waals surface area contributed by atoms with Crippen molar-refractivity contribution in [2.75, 3.05) is 0 Å². The highest BCUT2D eigenvalue weighted by Gasteiger charge is 2.42. The number of halogens is 1. The Bertz CT molecular complexity index is 835. The molecule has 5 nitrogen and oxygen atoms in total. The Morgan fingerprint density at radius 3 is 2.96 bits per heavy atom. The van der Waals surface area contributed by atoms with Gasteiger partial charge >= 0.3 is 0 Å². The molecule has 0 radical (unpaired) electrons. The van der Waals surface area contributed by atoms with Crippen molar-refractivity contribution in [2.45, 2.75) is 52.2 Å². The largest absolute Gasteiger partial charge is 0.489 e. The molecule has 6 heteroatoms. The van der Waals surface area contributed by atoms with Crippen LogP contribution in [-0.2, 0) is 6.61 Å². The highest BCUT2D eigenvalue weighted by molar-refractivity contribution is 6.30. The Hall–Kier alpha value is -2.01. The zero-order chi connectivity index (χ0) is 19.0. The number of amides is 1. The highest BCUT2D eigenvalue weighted by atomic mass is 35.5. The predicted octanol–water partition coefficient (Wildman–Crippen LogP) is 4.77. The Balaban J connectivity index is 1.42. The maximum Gasteiger partial charge on any atom is 0.274 e. The fourth-order valence-electron chi connectivity index (χ4n) is 4.74. The van der Waals surface area contributed by atoms with E-state index >= 15 is 0 Å². The number of benzene rings is 1. The van der Waals surface area contributed by atoms with E-state index in [4.69, 9.17) is 20.9 Å². The molecule has 4 unspecified atom stereocenters. The van der Waals surface area contributed by atoms with Crippen LogP contribution in [0, 0.1) is 24.7 Å². The third kappa shape index (κ3) is 3.84. The predicted molar refractivity (Wildman–Crippen MR) is 103 cm³/mol. The highest BCUT2D eigenvalue weighted by Crippen LogP contribution is 2.49. The van der Waals surface area contributed by atoms with Gasteiger partial charge in [-0.25, -0.2) is 0 Å². The number of carbonyl (C=O) groups excluding carboxylic acids is 1.